The molecule has 1 saturated heterocycles. The zero-order valence-corrected chi connectivity index (χ0v) is 24.6. The second kappa shape index (κ2) is 13.6. The quantitative estimate of drug-likeness (QED) is 0.136. The number of aromatic nitrogens is 4. The Kier molecular flexibility index (Phi) is 10.2. The summed E-state index contributed by atoms with van der Waals surface area (Å²) in [4.78, 5) is 15.2. The summed E-state index contributed by atoms with van der Waals surface area (Å²) in [6.45, 7) is 8.31. The largest absolute Gasteiger partial charge is 0.463 e. The highest BCUT2D eigenvalue weighted by molar-refractivity contribution is 7.44. The lowest BCUT2D eigenvalue weighted by Crippen LogP contribution is -2.36. The lowest BCUT2D eigenvalue weighted by Gasteiger charge is -2.37. The van der Waals surface area contributed by atoms with Crippen LogP contribution in [0.25, 0.3) is 22.5 Å². The number of nitriles is 1. The van der Waals surface area contributed by atoms with E-state index >= 15 is 0 Å². The van der Waals surface area contributed by atoms with E-state index in [0.717, 1.165) is 0 Å². The molecular formula is C26H37N8O5P. The highest BCUT2D eigenvalue weighted by atomic mass is 31.2. The van der Waals surface area contributed by atoms with Crippen molar-refractivity contribution in [3.05, 3.63) is 24.7 Å². The number of nitrogens with zero attached hydrogens (tertiary/aromatic N) is 8. The van der Waals surface area contributed by atoms with Gasteiger partial charge in [-0.2, -0.15) is 10.4 Å². The fraction of sp³-hybridized carbons (Fsp3) is 0.577. The third-order valence-electron chi connectivity index (χ3n) is 6.16. The van der Waals surface area contributed by atoms with Gasteiger partial charge in [-0.3, -0.25) is 0 Å². The second-order valence-corrected chi connectivity index (χ2v) is 11.5. The van der Waals surface area contributed by atoms with E-state index in [0.29, 0.717) is 34.7 Å². The predicted molar refractivity (Wildman–Crippen MR) is 151 cm³/mol. The third kappa shape index (κ3) is 6.66. The zero-order chi connectivity index (χ0) is 28.8. The molecule has 1 aliphatic rings. The number of furan rings is 1. The van der Waals surface area contributed by atoms with Gasteiger partial charge in [0.15, 0.2) is 23.5 Å². The van der Waals surface area contributed by atoms with Crippen molar-refractivity contribution in [3.63, 3.8) is 0 Å². The van der Waals surface area contributed by atoms with E-state index in [1.54, 1.807) is 23.3 Å². The molecule has 4 atom stereocenters. The van der Waals surface area contributed by atoms with Crippen LogP contribution in [-0.2, 0) is 13.8 Å². The molecule has 0 radical (unpaired) electrons. The summed E-state index contributed by atoms with van der Waals surface area (Å²) >= 11 is 0. The van der Waals surface area contributed by atoms with E-state index in [9.17, 15) is 5.11 Å². The van der Waals surface area contributed by atoms with E-state index in [1.807, 2.05) is 25.1 Å². The van der Waals surface area contributed by atoms with Crippen molar-refractivity contribution in [2.24, 2.45) is 4.99 Å². The fourth-order valence-corrected chi connectivity index (χ4v) is 6.31. The van der Waals surface area contributed by atoms with Gasteiger partial charge in [0, 0.05) is 32.6 Å². The molecule has 0 spiro atoms. The first-order chi connectivity index (χ1) is 19.2. The van der Waals surface area contributed by atoms with E-state index < -0.39 is 27.0 Å². The van der Waals surface area contributed by atoms with Crippen LogP contribution >= 0.6 is 8.53 Å². The molecule has 4 rings (SSSR count). The molecule has 13 nitrogen and oxygen atoms in total. The van der Waals surface area contributed by atoms with Crippen molar-refractivity contribution in [1.29, 1.82) is 5.26 Å². The van der Waals surface area contributed by atoms with Crippen LogP contribution in [0.1, 0.15) is 46.8 Å². The smallest absolute Gasteiger partial charge is 0.259 e. The Labute approximate surface area is 235 Å². The van der Waals surface area contributed by atoms with Crippen molar-refractivity contribution in [2.75, 3.05) is 27.3 Å². The number of fused-ring (bicyclic) bond motifs is 1. The lowest BCUT2D eigenvalue weighted by molar-refractivity contribution is -0.0450. The summed E-state index contributed by atoms with van der Waals surface area (Å²) in [7, 11) is 2.22. The number of hydrogen-bond acceptors (Lipinski definition) is 11. The molecule has 40 heavy (non-hydrogen) atoms. The van der Waals surface area contributed by atoms with Crippen molar-refractivity contribution < 1.29 is 23.3 Å². The average molecular weight is 573 g/mol. The minimum absolute atomic E-state index is 0.141. The molecule has 0 saturated carbocycles. The van der Waals surface area contributed by atoms with Crippen LogP contribution in [0.15, 0.2) is 34.1 Å². The number of hydrogen-bond donors (Lipinski definition) is 1. The molecule has 0 aromatic carbocycles. The predicted octanol–water partition coefficient (Wildman–Crippen LogP) is 4.25. The molecule has 1 fully saturated rings. The van der Waals surface area contributed by atoms with Gasteiger partial charge in [-0.15, -0.1) is 0 Å². The number of aliphatic hydroxyl groups is 1. The number of rotatable bonds is 13. The molecule has 4 unspecified atom stereocenters. The summed E-state index contributed by atoms with van der Waals surface area (Å²) in [5, 5.41) is 24.7. The molecule has 0 bridgehead atoms. The van der Waals surface area contributed by atoms with Crippen LogP contribution in [-0.4, -0.2) is 92.4 Å². The Morgan fingerprint density at radius 3 is 2.70 bits per heavy atom. The molecule has 0 aliphatic carbocycles. The maximum atomic E-state index is 10.2. The van der Waals surface area contributed by atoms with Gasteiger partial charge in [0.25, 0.3) is 8.53 Å². The van der Waals surface area contributed by atoms with Crippen molar-refractivity contribution in [3.8, 4) is 17.5 Å². The summed E-state index contributed by atoms with van der Waals surface area (Å²) < 4.78 is 28.4. The molecule has 1 aliphatic heterocycles. The van der Waals surface area contributed by atoms with Gasteiger partial charge in [0.2, 0.25) is 0 Å². The molecule has 14 heteroatoms. The first kappa shape index (κ1) is 30.0. The third-order valence-corrected chi connectivity index (χ3v) is 8.31. The number of aliphatic imine (C=N–C) groups is 1. The Balaban J connectivity index is 1.69. The standard InChI is InChI=1S/C26H37N8O5P/c1-17(2)34(18(3)4)40(37-12-8-10-27)39-20-13-22(38-21(20)14-35)33-26-23(24(31-33)19-9-7-11-36-19)25(28-15-29-26)30-16-32(5)6/h7,9,11,15-18,20-22,35H,8,12-14H2,1-6H3. The highest BCUT2D eigenvalue weighted by Gasteiger charge is 2.42. The SMILES string of the molecule is CC(C)N(C(C)C)P(OCCC#N)OC1CC(n2nc(-c3ccco3)c3c(N=CN(C)C)ncnc32)OC1CO. The van der Waals surface area contributed by atoms with E-state index in [4.69, 9.17) is 28.6 Å². The van der Waals surface area contributed by atoms with Gasteiger partial charge in [-0.25, -0.2) is 24.3 Å². The van der Waals surface area contributed by atoms with Crippen LogP contribution in [0.2, 0.25) is 0 Å². The van der Waals surface area contributed by atoms with Crippen molar-refractivity contribution >= 4 is 31.7 Å². The highest BCUT2D eigenvalue weighted by Crippen LogP contribution is 2.50. The Bertz CT molecular complexity index is 1300. The van der Waals surface area contributed by atoms with Crippen molar-refractivity contribution in [1.82, 2.24) is 29.3 Å². The summed E-state index contributed by atoms with van der Waals surface area (Å²) in [6, 6.07) is 6.00. The van der Waals surface area contributed by atoms with E-state index in [2.05, 4.69) is 53.4 Å². The normalized spacial score (nSPS) is 20.4. The molecule has 0 amide bonds. The maximum Gasteiger partial charge on any atom is 0.259 e. The fourth-order valence-electron chi connectivity index (χ4n) is 4.55. The Hall–Kier alpha value is -2.98. The van der Waals surface area contributed by atoms with Gasteiger partial charge >= 0.3 is 0 Å². The zero-order valence-electron chi connectivity index (χ0n) is 23.7. The monoisotopic (exact) mass is 572 g/mol. The molecule has 3 aromatic heterocycles. The molecule has 1 N–H and O–H groups in total. The maximum absolute atomic E-state index is 10.2. The van der Waals surface area contributed by atoms with Gasteiger partial charge in [0.05, 0.1) is 49.8 Å². The number of ether oxygens (including phenoxy) is 1. The van der Waals surface area contributed by atoms with E-state index in [-0.39, 0.29) is 31.7 Å². The van der Waals surface area contributed by atoms with Crippen LogP contribution < -0.4 is 0 Å². The van der Waals surface area contributed by atoms with Gasteiger partial charge in [-0.05, 0) is 39.8 Å². The van der Waals surface area contributed by atoms with Crippen LogP contribution in [0.4, 0.5) is 5.82 Å². The molecule has 216 valence electrons. The minimum atomic E-state index is -1.52. The second-order valence-electron chi connectivity index (χ2n) is 10.1. The van der Waals surface area contributed by atoms with Crippen LogP contribution in [0.3, 0.4) is 0 Å². The summed E-state index contributed by atoms with van der Waals surface area (Å²) in [6.07, 6.45) is 3.64. The van der Waals surface area contributed by atoms with E-state index in [1.165, 1.54) is 6.33 Å². The molecule has 3 aromatic rings. The molecular weight excluding hydrogens is 535 g/mol. The topological polar surface area (TPSA) is 147 Å². The Morgan fingerprint density at radius 1 is 1.30 bits per heavy atom. The average Bonchev–Trinajstić information content (AvgIpc) is 3.65. The minimum Gasteiger partial charge on any atom is -0.463 e. The van der Waals surface area contributed by atoms with Crippen molar-refractivity contribution in [2.45, 2.75) is 71.1 Å². The van der Waals surface area contributed by atoms with Crippen LogP contribution in [0, 0.1) is 11.3 Å². The van der Waals surface area contributed by atoms with Crippen LogP contribution in [0.5, 0.6) is 0 Å². The first-order valence-corrected chi connectivity index (χ1v) is 14.4. The first-order valence-electron chi connectivity index (χ1n) is 13.2. The molecule has 4 heterocycles. The van der Waals surface area contributed by atoms with Gasteiger partial charge < -0.3 is 28.2 Å². The Morgan fingerprint density at radius 2 is 2.08 bits per heavy atom. The number of aliphatic hydroxyl groups excluding tert-OH is 1. The van der Waals surface area contributed by atoms with Gasteiger partial charge in [0.1, 0.15) is 18.1 Å². The van der Waals surface area contributed by atoms with Gasteiger partial charge in [-0.1, -0.05) is 0 Å². The summed E-state index contributed by atoms with van der Waals surface area (Å²) in [5.41, 5.74) is 1.06. The summed E-state index contributed by atoms with van der Waals surface area (Å²) in [5.74, 6) is 0.989. The lowest BCUT2D eigenvalue weighted by atomic mass is 10.2.